The minimum atomic E-state index is 0.408. The number of rotatable bonds is 4. The van der Waals surface area contributed by atoms with Gasteiger partial charge in [-0.2, -0.15) is 0 Å². The van der Waals surface area contributed by atoms with E-state index in [-0.39, 0.29) is 0 Å². The van der Waals surface area contributed by atoms with E-state index in [1.807, 2.05) is 6.07 Å². The Kier molecular flexibility index (Phi) is 4.31. The van der Waals surface area contributed by atoms with Crippen molar-refractivity contribution in [3.63, 3.8) is 0 Å². The van der Waals surface area contributed by atoms with Crippen LogP contribution in [-0.4, -0.2) is 23.6 Å². The van der Waals surface area contributed by atoms with Crippen molar-refractivity contribution in [2.24, 2.45) is 11.7 Å². The quantitative estimate of drug-likeness (QED) is 0.865. The summed E-state index contributed by atoms with van der Waals surface area (Å²) in [5, 5.41) is 0. The monoisotopic (exact) mass is 234 g/mol. The highest BCUT2D eigenvalue weighted by Crippen LogP contribution is 2.25. The Balaban J connectivity index is 1.95. The largest absolute Gasteiger partial charge is 0.359 e. The molecule has 0 aromatic carbocycles. The minimum absolute atomic E-state index is 0.408. The summed E-state index contributed by atoms with van der Waals surface area (Å²) in [6, 6.07) is 1.96. The first-order valence-corrected chi connectivity index (χ1v) is 6.52. The van der Waals surface area contributed by atoms with Crippen LogP contribution in [0.5, 0.6) is 0 Å². The van der Waals surface area contributed by atoms with Crippen molar-refractivity contribution < 1.29 is 0 Å². The van der Waals surface area contributed by atoms with Gasteiger partial charge in [0, 0.05) is 19.8 Å². The molecule has 17 heavy (non-hydrogen) atoms. The SMILES string of the molecule is CN(CC1CCCCC1)c1ccnc(CN)n1. The first kappa shape index (κ1) is 12.3. The highest BCUT2D eigenvalue weighted by molar-refractivity contribution is 5.36. The lowest BCUT2D eigenvalue weighted by Gasteiger charge is -2.27. The zero-order valence-corrected chi connectivity index (χ0v) is 10.6. The summed E-state index contributed by atoms with van der Waals surface area (Å²) in [6.07, 6.45) is 8.69. The predicted octanol–water partition coefficient (Wildman–Crippen LogP) is 1.95. The second-order valence-electron chi connectivity index (χ2n) is 4.92. The Bertz CT molecular complexity index is 347. The number of nitrogens with zero attached hydrogens (tertiary/aromatic N) is 3. The average Bonchev–Trinajstić information content (AvgIpc) is 2.40. The van der Waals surface area contributed by atoms with E-state index < -0.39 is 0 Å². The van der Waals surface area contributed by atoms with Gasteiger partial charge < -0.3 is 10.6 Å². The summed E-state index contributed by atoms with van der Waals surface area (Å²) >= 11 is 0. The topological polar surface area (TPSA) is 55.0 Å². The molecule has 1 heterocycles. The first-order chi connectivity index (χ1) is 8.29. The van der Waals surface area contributed by atoms with Gasteiger partial charge in [-0.1, -0.05) is 19.3 Å². The second kappa shape index (κ2) is 5.96. The zero-order chi connectivity index (χ0) is 12.1. The van der Waals surface area contributed by atoms with Crippen molar-refractivity contribution in [1.82, 2.24) is 9.97 Å². The van der Waals surface area contributed by atoms with Gasteiger partial charge in [0.1, 0.15) is 11.6 Å². The Morgan fingerprint density at radius 2 is 2.12 bits per heavy atom. The van der Waals surface area contributed by atoms with E-state index >= 15 is 0 Å². The molecule has 2 N–H and O–H groups in total. The number of anilines is 1. The van der Waals surface area contributed by atoms with Crippen molar-refractivity contribution in [3.8, 4) is 0 Å². The molecule has 1 aromatic rings. The molecule has 0 bridgehead atoms. The van der Waals surface area contributed by atoms with E-state index in [9.17, 15) is 0 Å². The molecule has 0 atom stereocenters. The molecule has 1 aliphatic carbocycles. The maximum atomic E-state index is 5.56. The van der Waals surface area contributed by atoms with Crippen LogP contribution in [0.25, 0.3) is 0 Å². The van der Waals surface area contributed by atoms with Crippen LogP contribution in [-0.2, 0) is 6.54 Å². The molecule has 0 aliphatic heterocycles. The third-order valence-corrected chi connectivity index (χ3v) is 3.52. The Hall–Kier alpha value is -1.16. The van der Waals surface area contributed by atoms with Gasteiger partial charge in [-0.15, -0.1) is 0 Å². The number of hydrogen-bond acceptors (Lipinski definition) is 4. The van der Waals surface area contributed by atoms with Crippen molar-refractivity contribution in [2.75, 3.05) is 18.5 Å². The van der Waals surface area contributed by atoms with E-state index in [0.29, 0.717) is 6.54 Å². The molecule has 4 nitrogen and oxygen atoms in total. The van der Waals surface area contributed by atoms with Crippen LogP contribution in [0.4, 0.5) is 5.82 Å². The van der Waals surface area contributed by atoms with E-state index in [1.165, 1.54) is 32.1 Å². The fourth-order valence-corrected chi connectivity index (χ4v) is 2.55. The zero-order valence-electron chi connectivity index (χ0n) is 10.6. The lowest BCUT2D eigenvalue weighted by atomic mass is 9.89. The lowest BCUT2D eigenvalue weighted by molar-refractivity contribution is 0.361. The van der Waals surface area contributed by atoms with Crippen molar-refractivity contribution in [3.05, 3.63) is 18.1 Å². The average molecular weight is 234 g/mol. The van der Waals surface area contributed by atoms with Crippen LogP contribution >= 0.6 is 0 Å². The standard InChI is InChI=1S/C13H22N4/c1-17(10-11-5-3-2-4-6-11)13-7-8-15-12(9-14)16-13/h7-8,11H,2-6,9-10,14H2,1H3. The van der Waals surface area contributed by atoms with E-state index in [1.54, 1.807) is 6.20 Å². The molecule has 1 aliphatic rings. The van der Waals surface area contributed by atoms with E-state index in [0.717, 1.165) is 24.1 Å². The van der Waals surface area contributed by atoms with Gasteiger partial charge >= 0.3 is 0 Å². The van der Waals surface area contributed by atoms with Crippen LogP contribution in [0.3, 0.4) is 0 Å². The molecule has 1 aromatic heterocycles. The molecule has 1 fully saturated rings. The summed E-state index contributed by atoms with van der Waals surface area (Å²) in [7, 11) is 2.11. The molecule has 2 rings (SSSR count). The van der Waals surface area contributed by atoms with Gasteiger partial charge in [0.2, 0.25) is 0 Å². The van der Waals surface area contributed by atoms with Gasteiger partial charge in [0.15, 0.2) is 0 Å². The highest BCUT2D eigenvalue weighted by Gasteiger charge is 2.16. The van der Waals surface area contributed by atoms with Gasteiger partial charge in [-0.3, -0.25) is 0 Å². The van der Waals surface area contributed by atoms with Crippen molar-refractivity contribution in [1.29, 1.82) is 0 Å². The van der Waals surface area contributed by atoms with Crippen LogP contribution in [0.1, 0.15) is 37.9 Å². The Labute approximate surface area is 103 Å². The molecule has 0 unspecified atom stereocenters. The number of nitrogens with two attached hydrogens (primary N) is 1. The molecular formula is C13H22N4. The van der Waals surface area contributed by atoms with Gasteiger partial charge in [0.05, 0.1) is 6.54 Å². The van der Waals surface area contributed by atoms with Crippen molar-refractivity contribution in [2.45, 2.75) is 38.6 Å². The summed E-state index contributed by atoms with van der Waals surface area (Å²) in [5.41, 5.74) is 5.56. The molecule has 1 saturated carbocycles. The van der Waals surface area contributed by atoms with Gasteiger partial charge in [-0.05, 0) is 24.8 Å². The van der Waals surface area contributed by atoms with E-state index in [4.69, 9.17) is 5.73 Å². The fraction of sp³-hybridized carbons (Fsp3) is 0.692. The molecule has 0 amide bonds. The third kappa shape index (κ3) is 3.40. The van der Waals surface area contributed by atoms with Gasteiger partial charge in [0.25, 0.3) is 0 Å². The van der Waals surface area contributed by atoms with Crippen LogP contribution in [0.15, 0.2) is 12.3 Å². The lowest BCUT2D eigenvalue weighted by Crippen LogP contribution is -2.27. The summed E-state index contributed by atoms with van der Waals surface area (Å²) in [4.78, 5) is 10.8. The summed E-state index contributed by atoms with van der Waals surface area (Å²) < 4.78 is 0. The normalized spacial score (nSPS) is 17.1. The summed E-state index contributed by atoms with van der Waals surface area (Å²) in [6.45, 7) is 1.51. The predicted molar refractivity (Wildman–Crippen MR) is 69.8 cm³/mol. The second-order valence-corrected chi connectivity index (χ2v) is 4.92. The van der Waals surface area contributed by atoms with Crippen LogP contribution in [0.2, 0.25) is 0 Å². The summed E-state index contributed by atoms with van der Waals surface area (Å²) in [5.74, 6) is 2.54. The maximum Gasteiger partial charge on any atom is 0.144 e. The molecule has 94 valence electrons. The Morgan fingerprint density at radius 3 is 2.82 bits per heavy atom. The fourth-order valence-electron chi connectivity index (χ4n) is 2.55. The third-order valence-electron chi connectivity index (χ3n) is 3.52. The smallest absolute Gasteiger partial charge is 0.144 e. The molecule has 0 radical (unpaired) electrons. The molecular weight excluding hydrogens is 212 g/mol. The van der Waals surface area contributed by atoms with Crippen LogP contribution in [0, 0.1) is 5.92 Å². The highest BCUT2D eigenvalue weighted by atomic mass is 15.2. The van der Waals surface area contributed by atoms with E-state index in [2.05, 4.69) is 21.9 Å². The van der Waals surface area contributed by atoms with Crippen molar-refractivity contribution >= 4 is 5.82 Å². The molecule has 0 saturated heterocycles. The van der Waals surface area contributed by atoms with Crippen LogP contribution < -0.4 is 10.6 Å². The number of hydrogen-bond donors (Lipinski definition) is 1. The first-order valence-electron chi connectivity index (χ1n) is 6.52. The number of aromatic nitrogens is 2. The van der Waals surface area contributed by atoms with Gasteiger partial charge in [-0.25, -0.2) is 9.97 Å². The Morgan fingerprint density at radius 1 is 1.35 bits per heavy atom. The maximum absolute atomic E-state index is 5.56. The molecule has 0 spiro atoms. The molecule has 4 heteroatoms. The minimum Gasteiger partial charge on any atom is -0.359 e.